The minimum absolute atomic E-state index is 0.235. The average Bonchev–Trinajstić information content (AvgIpc) is 2.31. The van der Waals surface area contributed by atoms with Crippen molar-refractivity contribution in [3.8, 4) is 0 Å². The van der Waals surface area contributed by atoms with E-state index in [1.165, 1.54) is 18.8 Å². The molecule has 0 aromatic rings. The van der Waals surface area contributed by atoms with Gasteiger partial charge >= 0.3 is 25.7 Å². The van der Waals surface area contributed by atoms with Crippen LogP contribution in [0, 0.1) is 0 Å². The Balaban J connectivity index is 5.31. The van der Waals surface area contributed by atoms with Gasteiger partial charge < -0.3 is 9.05 Å². The Morgan fingerprint density at radius 1 is 1.14 bits per heavy atom. The quantitative estimate of drug-likeness (QED) is 0.408. The van der Waals surface area contributed by atoms with E-state index >= 15 is 0 Å². The molecule has 130 valence electrons. The second-order valence-electron chi connectivity index (χ2n) is 3.82. The molecular weight excluding hydrogens is 343 g/mol. The number of halogens is 6. The Kier molecular flexibility index (Phi) is 7.73. The van der Waals surface area contributed by atoms with Gasteiger partial charge in [0, 0.05) is 0 Å². The maximum Gasteiger partial charge on any atom is 0.464 e. The van der Waals surface area contributed by atoms with Crippen LogP contribution in [0.4, 0.5) is 26.3 Å². The summed E-state index contributed by atoms with van der Waals surface area (Å²) in [6.45, 7) is 1.81. The van der Waals surface area contributed by atoms with Crippen LogP contribution in [0.1, 0.15) is 20.3 Å². The zero-order chi connectivity index (χ0) is 17.6. The van der Waals surface area contributed by atoms with Crippen LogP contribution in [0.3, 0.4) is 0 Å². The van der Waals surface area contributed by atoms with Gasteiger partial charge in [-0.05, 0) is 13.8 Å². The number of hydrogen-bond acceptors (Lipinski definition) is 4. The van der Waals surface area contributed by atoms with Gasteiger partial charge in [0.2, 0.25) is 5.78 Å². The van der Waals surface area contributed by atoms with Crippen LogP contribution in [-0.2, 0) is 18.4 Å². The molecule has 0 saturated heterocycles. The van der Waals surface area contributed by atoms with E-state index in [1.54, 1.807) is 0 Å². The number of carbonyl (C=O) groups is 1. The molecule has 0 heterocycles. The van der Waals surface area contributed by atoms with Gasteiger partial charge in [0.1, 0.15) is 6.21 Å². The Bertz CT molecular complexity index is 438. The van der Waals surface area contributed by atoms with E-state index in [9.17, 15) is 35.7 Å². The number of nitrogens with one attached hydrogen (secondary N) is 1. The topological polar surface area (TPSA) is 66.6 Å². The molecule has 0 saturated carbocycles. The molecule has 0 amide bonds. The first-order chi connectivity index (χ1) is 9.88. The molecule has 0 fully saturated rings. The zero-order valence-electron chi connectivity index (χ0n) is 11.6. The third-order valence-corrected chi connectivity index (χ3v) is 4.43. The molecule has 0 aliphatic carbocycles. The largest absolute Gasteiger partial charge is 0.464 e. The van der Waals surface area contributed by atoms with Gasteiger partial charge in [-0.25, -0.2) is 4.99 Å². The van der Waals surface area contributed by atoms with Crippen molar-refractivity contribution in [2.45, 2.75) is 38.4 Å². The van der Waals surface area contributed by atoms with Crippen molar-refractivity contribution in [2.75, 3.05) is 13.2 Å². The Labute approximate surface area is 122 Å². The molecule has 0 aromatic heterocycles. The minimum Gasteiger partial charge on any atom is -0.304 e. The summed E-state index contributed by atoms with van der Waals surface area (Å²) >= 11 is 0. The summed E-state index contributed by atoms with van der Waals surface area (Å²) in [6, 6.07) is 0. The number of carbonyl (C=O) groups excluding carboxylic acids is 1. The maximum atomic E-state index is 12.9. The molecule has 5 nitrogen and oxygen atoms in total. The van der Waals surface area contributed by atoms with Crippen LogP contribution < -0.4 is 4.99 Å². The zero-order valence-corrected chi connectivity index (χ0v) is 12.5. The molecule has 0 unspecified atom stereocenters. The molecule has 1 N–H and O–H groups in total. The highest BCUT2D eigenvalue weighted by Crippen LogP contribution is 2.54. The Morgan fingerprint density at radius 2 is 1.59 bits per heavy atom. The fourth-order valence-electron chi connectivity index (χ4n) is 1.29. The monoisotopic (exact) mass is 358 g/mol. The average molecular weight is 358 g/mol. The molecular formula is C10H15F6NO4P+. The lowest BCUT2D eigenvalue weighted by molar-refractivity contribution is -0.520. The molecule has 1 atom stereocenters. The van der Waals surface area contributed by atoms with Gasteiger partial charge in [0.15, 0.2) is 0 Å². The lowest BCUT2D eigenvalue weighted by atomic mass is 10.3. The molecule has 0 aromatic carbocycles. The first kappa shape index (κ1) is 21.1. The molecule has 0 aliphatic rings. The fourth-order valence-corrected chi connectivity index (χ4v) is 3.03. The summed E-state index contributed by atoms with van der Waals surface area (Å²) in [7, 11) is -4.71. The predicted molar refractivity (Wildman–Crippen MR) is 63.4 cm³/mol. The Morgan fingerprint density at radius 3 is 1.91 bits per heavy atom. The van der Waals surface area contributed by atoms with Crippen molar-refractivity contribution in [3.05, 3.63) is 0 Å². The summed E-state index contributed by atoms with van der Waals surface area (Å²) in [5.74, 6) is -5.12. The lowest BCUT2D eigenvalue weighted by Gasteiger charge is -2.21. The summed E-state index contributed by atoms with van der Waals surface area (Å²) in [6.07, 6.45) is -11.4. The van der Waals surface area contributed by atoms with Gasteiger partial charge in [0.25, 0.3) is 0 Å². The van der Waals surface area contributed by atoms with Gasteiger partial charge in [-0.15, -0.1) is 0 Å². The van der Waals surface area contributed by atoms with Crippen LogP contribution in [0.15, 0.2) is 0 Å². The lowest BCUT2D eigenvalue weighted by Crippen LogP contribution is -2.80. The molecule has 0 bridgehead atoms. The normalized spacial score (nSPS) is 15.3. The third-order valence-electron chi connectivity index (χ3n) is 2.12. The van der Waals surface area contributed by atoms with E-state index < -0.39 is 37.9 Å². The van der Waals surface area contributed by atoms with E-state index in [-0.39, 0.29) is 19.4 Å². The van der Waals surface area contributed by atoms with E-state index in [1.807, 2.05) is 0 Å². The number of hydrogen-bond donors (Lipinski definition) is 1. The summed E-state index contributed by atoms with van der Waals surface area (Å²) < 4.78 is 95.7. The number of ketones is 1. The maximum absolute atomic E-state index is 12.9. The van der Waals surface area contributed by atoms with Crippen molar-refractivity contribution in [3.63, 3.8) is 0 Å². The summed E-state index contributed by atoms with van der Waals surface area (Å²) in [5, 5.41) is 0. The summed E-state index contributed by atoms with van der Waals surface area (Å²) in [5.41, 5.74) is 0. The van der Waals surface area contributed by atoms with Crippen molar-refractivity contribution in [2.24, 2.45) is 0 Å². The number of Topliss-reactive ketones (excluding diaryl/α,β-unsaturated/α-hetero) is 1. The van der Waals surface area contributed by atoms with Crippen LogP contribution >= 0.6 is 7.60 Å². The molecule has 0 aliphatic heterocycles. The van der Waals surface area contributed by atoms with E-state index in [0.717, 1.165) is 0 Å². The second-order valence-corrected chi connectivity index (χ2v) is 5.93. The molecule has 0 rings (SSSR count). The van der Waals surface area contributed by atoms with Crippen molar-refractivity contribution in [1.29, 1.82) is 0 Å². The molecule has 22 heavy (non-hydrogen) atoms. The van der Waals surface area contributed by atoms with Crippen LogP contribution in [0.2, 0.25) is 0 Å². The molecule has 0 spiro atoms. The first-order valence-electron chi connectivity index (χ1n) is 6.01. The van der Waals surface area contributed by atoms with Crippen LogP contribution in [0.5, 0.6) is 0 Å². The SMILES string of the molecule is CCOP(=O)(OCC)[C@H]([NH+]=CCC(=O)C(F)(F)F)C(F)(F)F. The van der Waals surface area contributed by atoms with Crippen molar-refractivity contribution < 1.29 is 49.7 Å². The molecule has 12 heteroatoms. The third kappa shape index (κ3) is 6.45. The van der Waals surface area contributed by atoms with Gasteiger partial charge in [0.05, 0.1) is 19.6 Å². The van der Waals surface area contributed by atoms with E-state index in [4.69, 9.17) is 0 Å². The molecule has 0 radical (unpaired) electrons. The highest BCUT2D eigenvalue weighted by Gasteiger charge is 2.59. The van der Waals surface area contributed by atoms with Crippen LogP contribution in [0.25, 0.3) is 0 Å². The van der Waals surface area contributed by atoms with Crippen LogP contribution in [-0.4, -0.2) is 43.3 Å². The predicted octanol–water partition coefficient (Wildman–Crippen LogP) is 1.81. The highest BCUT2D eigenvalue weighted by molar-refractivity contribution is 7.54. The van der Waals surface area contributed by atoms with Crippen molar-refractivity contribution >= 4 is 19.6 Å². The number of rotatable bonds is 8. The van der Waals surface area contributed by atoms with Gasteiger partial charge in [-0.1, -0.05) is 0 Å². The second kappa shape index (κ2) is 8.07. The number of alkyl halides is 6. The fraction of sp³-hybridized carbons (Fsp3) is 0.800. The van der Waals surface area contributed by atoms with Gasteiger partial charge in [-0.3, -0.25) is 9.36 Å². The minimum atomic E-state index is -5.17. The van der Waals surface area contributed by atoms with E-state index in [2.05, 4.69) is 9.05 Å². The smallest absolute Gasteiger partial charge is 0.304 e. The van der Waals surface area contributed by atoms with Crippen molar-refractivity contribution in [1.82, 2.24) is 0 Å². The van der Waals surface area contributed by atoms with E-state index in [0.29, 0.717) is 0 Å². The van der Waals surface area contributed by atoms with Gasteiger partial charge in [-0.2, -0.15) is 26.3 Å². The summed E-state index contributed by atoms with van der Waals surface area (Å²) in [4.78, 5) is 12.1. The standard InChI is InChI=1S/C10H14F6NO4P/c1-3-20-22(19,21-4-2)8(10(14,15)16)17-6-5-7(18)9(11,12)13/h6,8H,3-5H2,1-2H3/p+1/t8-/m0/s1. The highest BCUT2D eigenvalue weighted by atomic mass is 31.2. The first-order valence-corrected chi connectivity index (χ1v) is 7.63. The Hall–Kier alpha value is -0.930.